The molecule has 2 aliphatic heterocycles. The van der Waals surface area contributed by atoms with Crippen molar-refractivity contribution in [2.75, 3.05) is 19.7 Å². The molecule has 0 aliphatic carbocycles. The molecule has 0 radical (unpaired) electrons. The molecule has 1 fully saturated rings. The molecule has 1 aromatic heterocycles. The molecule has 6 heteroatoms. The number of carbonyl (C=O) groups excluding carboxylic acids is 1. The first kappa shape index (κ1) is 15.3. The van der Waals surface area contributed by atoms with Crippen molar-refractivity contribution in [1.82, 2.24) is 14.7 Å². The number of aryl methyl sites for hydroxylation is 1. The fourth-order valence-electron chi connectivity index (χ4n) is 3.40. The van der Waals surface area contributed by atoms with E-state index in [0.29, 0.717) is 30.6 Å². The third kappa shape index (κ3) is 3.11. The Morgan fingerprint density at radius 2 is 2.23 bits per heavy atom. The molecule has 2 N–H and O–H groups in total. The van der Waals surface area contributed by atoms with Crippen LogP contribution in [0.2, 0.25) is 0 Å². The van der Waals surface area contributed by atoms with E-state index in [9.17, 15) is 4.79 Å². The number of fused-ring (bicyclic) bond motifs is 1. The van der Waals surface area contributed by atoms with Crippen molar-refractivity contribution in [2.24, 2.45) is 17.1 Å². The highest BCUT2D eigenvalue weighted by molar-refractivity contribution is 5.92. The molecule has 3 rings (SSSR count). The zero-order valence-corrected chi connectivity index (χ0v) is 13.7. The molecule has 0 aromatic carbocycles. The van der Waals surface area contributed by atoms with Crippen LogP contribution in [0.4, 0.5) is 0 Å². The van der Waals surface area contributed by atoms with E-state index in [4.69, 9.17) is 10.5 Å². The van der Waals surface area contributed by atoms with Crippen LogP contribution in [0.3, 0.4) is 0 Å². The highest BCUT2D eigenvalue weighted by Gasteiger charge is 2.36. The monoisotopic (exact) mass is 306 g/mol. The van der Waals surface area contributed by atoms with Crippen molar-refractivity contribution < 1.29 is 9.53 Å². The molecule has 0 saturated carbocycles. The minimum atomic E-state index is -0.0302. The van der Waals surface area contributed by atoms with Gasteiger partial charge in [0.15, 0.2) is 5.69 Å². The molecular weight excluding hydrogens is 280 g/mol. The van der Waals surface area contributed by atoms with E-state index in [1.54, 1.807) is 10.7 Å². The van der Waals surface area contributed by atoms with E-state index >= 15 is 0 Å². The van der Waals surface area contributed by atoms with E-state index in [0.717, 1.165) is 25.9 Å². The summed E-state index contributed by atoms with van der Waals surface area (Å²) in [6, 6.07) is 1.81. The average Bonchev–Trinajstić information content (AvgIpc) is 3.00. The van der Waals surface area contributed by atoms with Gasteiger partial charge in [0.2, 0.25) is 5.88 Å². The second kappa shape index (κ2) is 5.57. The van der Waals surface area contributed by atoms with Crippen LogP contribution in [-0.2, 0) is 6.54 Å². The van der Waals surface area contributed by atoms with E-state index < -0.39 is 0 Å². The van der Waals surface area contributed by atoms with E-state index in [2.05, 4.69) is 25.9 Å². The van der Waals surface area contributed by atoms with Crippen LogP contribution in [0, 0.1) is 11.3 Å². The zero-order chi connectivity index (χ0) is 15.9. The topological polar surface area (TPSA) is 73.4 Å². The number of carbonyl (C=O) groups is 1. The molecule has 3 heterocycles. The second-order valence-electron chi connectivity index (χ2n) is 7.69. The molecule has 1 aromatic rings. The van der Waals surface area contributed by atoms with Gasteiger partial charge >= 0.3 is 0 Å². The van der Waals surface area contributed by atoms with Crippen molar-refractivity contribution in [1.29, 1.82) is 0 Å². The Bertz CT molecular complexity index is 537. The first-order valence-electron chi connectivity index (χ1n) is 8.09. The number of rotatable bonds is 2. The van der Waals surface area contributed by atoms with Gasteiger partial charge in [0.25, 0.3) is 5.91 Å². The smallest absolute Gasteiger partial charge is 0.274 e. The Kier molecular flexibility index (Phi) is 3.89. The van der Waals surface area contributed by atoms with Crippen LogP contribution in [0.15, 0.2) is 6.07 Å². The second-order valence-corrected chi connectivity index (χ2v) is 7.69. The van der Waals surface area contributed by atoms with Crippen LogP contribution in [0.25, 0.3) is 0 Å². The zero-order valence-electron chi connectivity index (χ0n) is 13.7. The predicted octanol–water partition coefficient (Wildman–Crippen LogP) is 1.50. The molecule has 2 atom stereocenters. The quantitative estimate of drug-likeness (QED) is 0.898. The van der Waals surface area contributed by atoms with Crippen molar-refractivity contribution in [2.45, 2.75) is 46.2 Å². The number of hydrogen-bond donors (Lipinski definition) is 1. The summed E-state index contributed by atoms with van der Waals surface area (Å²) in [4.78, 5) is 14.5. The van der Waals surface area contributed by atoms with Crippen molar-refractivity contribution >= 4 is 5.91 Å². The van der Waals surface area contributed by atoms with Gasteiger partial charge in [-0.25, -0.2) is 4.68 Å². The molecule has 0 bridgehead atoms. The lowest BCUT2D eigenvalue weighted by Gasteiger charge is -2.24. The minimum Gasteiger partial charge on any atom is -0.478 e. The number of nitrogens with zero attached hydrogens (tertiary/aromatic N) is 3. The fraction of sp³-hybridized carbons (Fsp3) is 0.750. The minimum absolute atomic E-state index is 0.0302. The third-order valence-electron chi connectivity index (χ3n) is 4.38. The first-order chi connectivity index (χ1) is 10.3. The predicted molar refractivity (Wildman–Crippen MR) is 83.8 cm³/mol. The summed E-state index contributed by atoms with van der Waals surface area (Å²) in [6.45, 7) is 9.49. The van der Waals surface area contributed by atoms with Gasteiger partial charge < -0.3 is 15.4 Å². The fourth-order valence-corrected chi connectivity index (χ4v) is 3.40. The summed E-state index contributed by atoms with van der Waals surface area (Å²) in [7, 11) is 0. The lowest BCUT2D eigenvalue weighted by atomic mass is 9.83. The third-order valence-corrected chi connectivity index (χ3v) is 4.38. The highest BCUT2D eigenvalue weighted by atomic mass is 16.5. The van der Waals surface area contributed by atoms with Crippen molar-refractivity contribution in [3.05, 3.63) is 11.8 Å². The SMILES string of the molecule is CC(C)(C)CC1CN(C(=O)c2cc3n(n2)CCCO3)CC1N. The van der Waals surface area contributed by atoms with Crippen LogP contribution in [0.1, 0.15) is 44.1 Å². The van der Waals surface area contributed by atoms with Crippen LogP contribution < -0.4 is 10.5 Å². The van der Waals surface area contributed by atoms with Crippen molar-refractivity contribution in [3.63, 3.8) is 0 Å². The van der Waals surface area contributed by atoms with Crippen molar-refractivity contribution in [3.8, 4) is 5.88 Å². The molecule has 1 amide bonds. The van der Waals surface area contributed by atoms with Gasteiger partial charge in [0.1, 0.15) is 0 Å². The van der Waals surface area contributed by atoms with Gasteiger partial charge in [-0.2, -0.15) is 5.10 Å². The summed E-state index contributed by atoms with van der Waals surface area (Å²) in [5.74, 6) is 1.03. The van der Waals surface area contributed by atoms with Gasteiger partial charge in [-0.05, 0) is 17.8 Å². The number of hydrogen-bond acceptors (Lipinski definition) is 4. The van der Waals surface area contributed by atoms with Gasteiger partial charge in [-0.3, -0.25) is 4.79 Å². The molecule has 1 saturated heterocycles. The summed E-state index contributed by atoms with van der Waals surface area (Å²) < 4.78 is 7.31. The number of nitrogens with two attached hydrogens (primary N) is 1. The Morgan fingerprint density at radius 3 is 2.91 bits per heavy atom. The number of ether oxygens (including phenoxy) is 1. The van der Waals surface area contributed by atoms with E-state index in [1.165, 1.54) is 0 Å². The Hall–Kier alpha value is -1.56. The van der Waals surface area contributed by atoms with Crippen LogP contribution in [0.5, 0.6) is 5.88 Å². The van der Waals surface area contributed by atoms with Gasteiger partial charge in [0.05, 0.1) is 6.61 Å². The standard InChI is InChI=1S/C16H26N4O2/c1-16(2,3)8-11-9-19(10-12(11)17)15(21)13-7-14-20(18-13)5-4-6-22-14/h7,11-12H,4-6,8-10,17H2,1-3H3. The Labute approximate surface area is 131 Å². The van der Waals surface area contributed by atoms with E-state index in [-0.39, 0.29) is 17.4 Å². The number of likely N-dealkylation sites (tertiary alicyclic amines) is 1. The van der Waals surface area contributed by atoms with Crippen LogP contribution >= 0.6 is 0 Å². The van der Waals surface area contributed by atoms with Gasteiger partial charge in [0, 0.05) is 38.2 Å². The van der Waals surface area contributed by atoms with Gasteiger partial charge in [-0.15, -0.1) is 0 Å². The molecule has 22 heavy (non-hydrogen) atoms. The summed E-state index contributed by atoms with van der Waals surface area (Å²) >= 11 is 0. The molecule has 2 aliphatic rings. The largest absolute Gasteiger partial charge is 0.478 e. The Balaban J connectivity index is 1.69. The lowest BCUT2D eigenvalue weighted by Crippen LogP contribution is -2.33. The molecule has 2 unspecified atom stereocenters. The summed E-state index contributed by atoms with van der Waals surface area (Å²) in [6.07, 6.45) is 1.96. The molecule has 122 valence electrons. The molecule has 6 nitrogen and oxygen atoms in total. The molecular formula is C16H26N4O2. The average molecular weight is 306 g/mol. The van der Waals surface area contributed by atoms with Gasteiger partial charge in [-0.1, -0.05) is 20.8 Å². The summed E-state index contributed by atoms with van der Waals surface area (Å²) in [5.41, 5.74) is 6.94. The van der Waals surface area contributed by atoms with Crippen LogP contribution in [-0.4, -0.2) is 46.3 Å². The summed E-state index contributed by atoms with van der Waals surface area (Å²) in [5, 5.41) is 4.38. The first-order valence-corrected chi connectivity index (χ1v) is 8.09. The maximum atomic E-state index is 12.7. The highest BCUT2D eigenvalue weighted by Crippen LogP contribution is 2.30. The van der Waals surface area contributed by atoms with E-state index in [1.807, 2.05) is 4.90 Å². The normalized spacial score (nSPS) is 25.0. The lowest BCUT2D eigenvalue weighted by molar-refractivity contribution is 0.0776. The number of amides is 1. The number of aromatic nitrogens is 2. The maximum absolute atomic E-state index is 12.7. The maximum Gasteiger partial charge on any atom is 0.274 e. The molecule has 0 spiro atoms. The Morgan fingerprint density at radius 1 is 1.45 bits per heavy atom.